The van der Waals surface area contributed by atoms with E-state index in [1.54, 1.807) is 0 Å². The molecule has 18 heavy (non-hydrogen) atoms. The minimum absolute atomic E-state index is 0.0760. The normalized spacial score (nSPS) is 11.2. The average Bonchev–Trinajstić information content (AvgIpc) is 2.59. The van der Waals surface area contributed by atoms with Crippen LogP contribution < -0.4 is 11.3 Å². The molecule has 0 unspecified atom stereocenters. The molecular formula is C9H13N5O4. The fourth-order valence-electron chi connectivity index (χ4n) is 1.48. The van der Waals surface area contributed by atoms with Crippen molar-refractivity contribution in [1.29, 1.82) is 0 Å². The zero-order valence-electron chi connectivity index (χ0n) is 9.70. The second kappa shape index (κ2) is 4.53. The first-order chi connectivity index (χ1) is 8.56. The van der Waals surface area contributed by atoms with Gasteiger partial charge in [0.2, 0.25) is 5.95 Å². The minimum atomic E-state index is -0.721. The standard InChI is InChI=1S/C9H13N5O4/c1-2-3-18-4-13-7(15)5-6(11-8(13)10)12-9(16)14(5)17/h17H,2-4H2,1H3,(H2,10,11)(H,12,16). The van der Waals surface area contributed by atoms with Crippen LogP contribution in [0.15, 0.2) is 4.79 Å². The molecule has 0 bridgehead atoms. The smallest absolute Gasteiger partial charge is 0.330 e. The molecular weight excluding hydrogens is 242 g/mol. The lowest BCUT2D eigenvalue weighted by molar-refractivity contribution is 0.0761. The molecule has 0 fully saturated rings. The number of ether oxygens (including phenoxy) is 1. The number of fused-ring (bicyclic) bond motifs is 1. The Hall–Kier alpha value is -2.29. The van der Waals surface area contributed by atoms with Gasteiger partial charge in [0.1, 0.15) is 6.73 Å². The van der Waals surface area contributed by atoms with Crippen LogP contribution in [0.25, 0.3) is 11.2 Å². The van der Waals surface area contributed by atoms with E-state index in [1.807, 2.05) is 6.92 Å². The molecule has 0 aliphatic carbocycles. The molecule has 2 aromatic heterocycles. The van der Waals surface area contributed by atoms with E-state index >= 15 is 0 Å². The summed E-state index contributed by atoms with van der Waals surface area (Å²) in [6.07, 6.45) is 0.795. The molecule has 0 radical (unpaired) electrons. The monoisotopic (exact) mass is 255 g/mol. The highest BCUT2D eigenvalue weighted by molar-refractivity contribution is 5.72. The van der Waals surface area contributed by atoms with E-state index in [1.165, 1.54) is 0 Å². The minimum Gasteiger partial charge on any atom is -0.478 e. The maximum absolute atomic E-state index is 12.0. The number of nitrogens with two attached hydrogens (primary N) is 1. The Kier molecular flexibility index (Phi) is 3.06. The lowest BCUT2D eigenvalue weighted by Crippen LogP contribution is -2.27. The number of nitrogens with zero attached hydrogens (tertiary/aromatic N) is 4. The van der Waals surface area contributed by atoms with Crippen LogP contribution in [0.2, 0.25) is 0 Å². The highest BCUT2D eigenvalue weighted by Crippen LogP contribution is 2.14. The summed E-state index contributed by atoms with van der Waals surface area (Å²) in [6, 6.07) is -0.721. The van der Waals surface area contributed by atoms with Crippen molar-refractivity contribution in [3.05, 3.63) is 10.4 Å². The zero-order valence-corrected chi connectivity index (χ0v) is 9.70. The summed E-state index contributed by atoms with van der Waals surface area (Å²) in [5.41, 5.74) is 4.58. The Morgan fingerprint density at radius 1 is 1.44 bits per heavy atom. The first-order valence-electron chi connectivity index (χ1n) is 5.31. The van der Waals surface area contributed by atoms with E-state index in [4.69, 9.17) is 10.5 Å². The Morgan fingerprint density at radius 3 is 2.83 bits per heavy atom. The molecule has 4 N–H and O–H groups in total. The number of rotatable bonds is 4. The van der Waals surface area contributed by atoms with Crippen molar-refractivity contribution in [3.63, 3.8) is 0 Å². The van der Waals surface area contributed by atoms with Crippen LogP contribution in [0.3, 0.4) is 0 Å². The van der Waals surface area contributed by atoms with Crippen molar-refractivity contribution in [2.45, 2.75) is 20.1 Å². The third kappa shape index (κ3) is 1.84. The number of hydrogen-bond acceptors (Lipinski definition) is 7. The Morgan fingerprint density at radius 2 is 2.17 bits per heavy atom. The Bertz CT molecular complexity index is 632. The van der Waals surface area contributed by atoms with E-state index in [2.05, 4.69) is 9.97 Å². The van der Waals surface area contributed by atoms with Crippen LogP contribution in [0.5, 0.6) is 6.01 Å². The number of aromatic hydroxyl groups is 1. The van der Waals surface area contributed by atoms with Crippen LogP contribution in [-0.4, -0.2) is 36.2 Å². The molecule has 98 valence electrons. The summed E-state index contributed by atoms with van der Waals surface area (Å²) < 4.78 is 6.51. The van der Waals surface area contributed by atoms with Crippen LogP contribution in [-0.2, 0) is 11.5 Å². The average molecular weight is 255 g/mol. The molecule has 0 saturated carbocycles. The van der Waals surface area contributed by atoms with Gasteiger partial charge in [0, 0.05) is 6.61 Å². The third-order valence-electron chi connectivity index (χ3n) is 2.33. The highest BCUT2D eigenvalue weighted by Gasteiger charge is 2.17. The quantitative estimate of drug-likeness (QED) is 0.496. The van der Waals surface area contributed by atoms with E-state index in [9.17, 15) is 15.1 Å². The van der Waals surface area contributed by atoms with Gasteiger partial charge in [0.05, 0.1) is 0 Å². The van der Waals surface area contributed by atoms with E-state index in [-0.39, 0.29) is 28.6 Å². The van der Waals surface area contributed by atoms with Gasteiger partial charge in [-0.15, -0.1) is 4.73 Å². The summed E-state index contributed by atoms with van der Waals surface area (Å²) in [5, 5.41) is 18.6. The van der Waals surface area contributed by atoms with Crippen molar-refractivity contribution in [2.24, 2.45) is 0 Å². The van der Waals surface area contributed by atoms with Gasteiger partial charge in [-0.3, -0.25) is 9.36 Å². The van der Waals surface area contributed by atoms with E-state index < -0.39 is 11.6 Å². The van der Waals surface area contributed by atoms with Crippen LogP contribution >= 0.6 is 0 Å². The van der Waals surface area contributed by atoms with Gasteiger partial charge in [-0.2, -0.15) is 9.97 Å². The van der Waals surface area contributed by atoms with Gasteiger partial charge in [0.25, 0.3) is 5.56 Å². The third-order valence-corrected chi connectivity index (χ3v) is 2.33. The molecule has 0 amide bonds. The predicted octanol–water partition coefficient (Wildman–Crippen LogP) is -0.498. The summed E-state index contributed by atoms with van der Waals surface area (Å²) in [4.78, 5) is 19.3. The molecule has 0 saturated heterocycles. The lowest BCUT2D eigenvalue weighted by atomic mass is 10.5. The van der Waals surface area contributed by atoms with Gasteiger partial charge in [-0.1, -0.05) is 6.92 Å². The molecule has 9 heteroatoms. The summed E-state index contributed by atoms with van der Waals surface area (Å²) in [7, 11) is 0. The SMILES string of the molecule is CCCOCn1c(N)nc2nc(O)n(O)c2c1=O. The Balaban J connectivity index is 2.53. The number of anilines is 1. The Labute approximate surface area is 101 Å². The molecule has 9 nitrogen and oxygen atoms in total. The number of imidazole rings is 1. The maximum atomic E-state index is 12.0. The molecule has 2 rings (SSSR count). The van der Waals surface area contributed by atoms with Crippen molar-refractivity contribution in [3.8, 4) is 6.01 Å². The van der Waals surface area contributed by atoms with Gasteiger partial charge in [-0.05, 0) is 6.42 Å². The largest absolute Gasteiger partial charge is 0.478 e. The summed E-state index contributed by atoms with van der Waals surface area (Å²) in [6.45, 7) is 2.31. The zero-order chi connectivity index (χ0) is 13.3. The maximum Gasteiger partial charge on any atom is 0.330 e. The first kappa shape index (κ1) is 12.2. The molecule has 2 aromatic rings. The van der Waals surface area contributed by atoms with Crippen molar-refractivity contribution in [1.82, 2.24) is 19.3 Å². The summed E-state index contributed by atoms with van der Waals surface area (Å²) in [5.74, 6) is -0.0956. The van der Waals surface area contributed by atoms with Crippen molar-refractivity contribution in [2.75, 3.05) is 12.3 Å². The van der Waals surface area contributed by atoms with Gasteiger partial charge >= 0.3 is 6.01 Å². The topological polar surface area (TPSA) is 128 Å². The highest BCUT2D eigenvalue weighted by atomic mass is 16.5. The van der Waals surface area contributed by atoms with Gasteiger partial charge in [0.15, 0.2) is 11.2 Å². The van der Waals surface area contributed by atoms with E-state index in [0.29, 0.717) is 6.61 Å². The molecule has 0 atom stereocenters. The molecule has 2 heterocycles. The fourth-order valence-corrected chi connectivity index (χ4v) is 1.48. The van der Waals surface area contributed by atoms with Crippen molar-refractivity contribution >= 4 is 17.1 Å². The van der Waals surface area contributed by atoms with Crippen LogP contribution in [0.1, 0.15) is 13.3 Å². The molecule has 0 aliphatic heterocycles. The molecule has 0 aromatic carbocycles. The number of hydrogen-bond donors (Lipinski definition) is 3. The van der Waals surface area contributed by atoms with Crippen LogP contribution in [0, 0.1) is 0 Å². The number of nitrogen functional groups attached to an aromatic ring is 1. The number of aromatic nitrogens is 4. The summed E-state index contributed by atoms with van der Waals surface area (Å²) >= 11 is 0. The van der Waals surface area contributed by atoms with Crippen molar-refractivity contribution < 1.29 is 15.1 Å². The van der Waals surface area contributed by atoms with E-state index in [0.717, 1.165) is 11.0 Å². The predicted molar refractivity (Wildman–Crippen MR) is 61.3 cm³/mol. The molecule has 0 spiro atoms. The van der Waals surface area contributed by atoms with Gasteiger partial charge < -0.3 is 20.8 Å². The fraction of sp³-hybridized carbons (Fsp3) is 0.444. The second-order valence-electron chi connectivity index (χ2n) is 3.64. The van der Waals surface area contributed by atoms with Crippen LogP contribution in [0.4, 0.5) is 5.95 Å². The second-order valence-corrected chi connectivity index (χ2v) is 3.64. The first-order valence-corrected chi connectivity index (χ1v) is 5.31. The van der Waals surface area contributed by atoms with Gasteiger partial charge in [-0.25, -0.2) is 0 Å². The molecule has 0 aliphatic rings. The lowest BCUT2D eigenvalue weighted by Gasteiger charge is -2.08.